The summed E-state index contributed by atoms with van der Waals surface area (Å²) in [4.78, 5) is 33.0. The minimum atomic E-state index is -0.137. The van der Waals surface area contributed by atoms with E-state index in [2.05, 4.69) is 26.1 Å². The second-order valence-electron chi connectivity index (χ2n) is 9.17. The van der Waals surface area contributed by atoms with Gasteiger partial charge in [-0.1, -0.05) is 56.5 Å². The summed E-state index contributed by atoms with van der Waals surface area (Å²) in [5.41, 5.74) is 2.30. The quantitative estimate of drug-likeness (QED) is 0.374. The summed E-state index contributed by atoms with van der Waals surface area (Å²) in [6, 6.07) is 12.9. The van der Waals surface area contributed by atoms with Crippen LogP contribution in [0.25, 0.3) is 16.6 Å². The van der Waals surface area contributed by atoms with E-state index >= 15 is 0 Å². The second kappa shape index (κ2) is 12.0. The predicted octanol–water partition coefficient (Wildman–Crippen LogP) is 5.75. The molecule has 0 fully saturated rings. The van der Waals surface area contributed by atoms with Gasteiger partial charge in [0.15, 0.2) is 0 Å². The molecule has 0 unspecified atom stereocenters. The van der Waals surface area contributed by atoms with Gasteiger partial charge in [0.2, 0.25) is 0 Å². The summed E-state index contributed by atoms with van der Waals surface area (Å²) in [5.74, 6) is 1.09. The van der Waals surface area contributed by atoms with Gasteiger partial charge >= 0.3 is 6.03 Å². The van der Waals surface area contributed by atoms with Crippen molar-refractivity contribution in [1.29, 1.82) is 0 Å². The molecule has 6 nitrogen and oxygen atoms in total. The maximum Gasteiger partial charge on any atom is 0.317 e. The Morgan fingerprint density at radius 3 is 2.56 bits per heavy atom. The number of hydrogen-bond donors (Lipinski definition) is 1. The molecule has 0 aliphatic carbocycles. The van der Waals surface area contributed by atoms with Crippen LogP contribution in [0, 0.1) is 12.8 Å². The number of fused-ring (bicyclic) bond motifs is 1. The number of hydrogen-bond acceptors (Lipinski definition) is 3. The minimum Gasteiger partial charge on any atom is -0.338 e. The van der Waals surface area contributed by atoms with Crippen LogP contribution in [0.3, 0.4) is 0 Å². The van der Waals surface area contributed by atoms with Gasteiger partial charge in [-0.05, 0) is 56.0 Å². The van der Waals surface area contributed by atoms with Crippen LogP contribution in [-0.2, 0) is 6.42 Å². The largest absolute Gasteiger partial charge is 0.338 e. The summed E-state index contributed by atoms with van der Waals surface area (Å²) in [6.45, 7) is 10.2. The lowest BCUT2D eigenvalue weighted by atomic mass is 10.1. The molecule has 3 aromatic rings. The van der Waals surface area contributed by atoms with Gasteiger partial charge in [0, 0.05) is 31.1 Å². The Morgan fingerprint density at radius 1 is 1.15 bits per heavy atom. The Bertz CT molecular complexity index is 1170. The highest BCUT2D eigenvalue weighted by Gasteiger charge is 2.18. The number of carbonyl (C=O) groups is 1. The summed E-state index contributed by atoms with van der Waals surface area (Å²) in [5, 5.41) is 4.08. The minimum absolute atomic E-state index is 0.0674. The standard InChI is InChI=1S/C27H35ClN4O2/c1-5-6-15-29-27(34)31(16-13-19(2)3)17-14-25-30-24-18-21(28)9-12-23(24)26(33)32(25)22-10-7-20(4)8-11-22/h7-12,18-19H,5-6,13-17H2,1-4H3,(H,29,34). The molecule has 0 saturated heterocycles. The molecule has 1 aromatic heterocycles. The highest BCUT2D eigenvalue weighted by atomic mass is 35.5. The van der Waals surface area contributed by atoms with E-state index < -0.39 is 0 Å². The number of rotatable bonds is 10. The molecule has 34 heavy (non-hydrogen) atoms. The number of unbranched alkanes of at least 4 members (excludes halogenated alkanes) is 1. The Morgan fingerprint density at radius 2 is 1.88 bits per heavy atom. The first-order valence-corrected chi connectivity index (χ1v) is 12.5. The van der Waals surface area contributed by atoms with Crippen LogP contribution in [0.5, 0.6) is 0 Å². The predicted molar refractivity (Wildman–Crippen MR) is 140 cm³/mol. The molecular formula is C27H35ClN4O2. The van der Waals surface area contributed by atoms with Crippen molar-refractivity contribution < 1.29 is 4.79 Å². The monoisotopic (exact) mass is 482 g/mol. The number of aromatic nitrogens is 2. The lowest BCUT2D eigenvalue weighted by molar-refractivity contribution is 0.194. The summed E-state index contributed by atoms with van der Waals surface area (Å²) in [7, 11) is 0. The third-order valence-electron chi connectivity index (χ3n) is 5.87. The van der Waals surface area contributed by atoms with Crippen molar-refractivity contribution in [2.24, 2.45) is 5.92 Å². The third-order valence-corrected chi connectivity index (χ3v) is 6.10. The summed E-state index contributed by atoms with van der Waals surface area (Å²) < 4.78 is 1.66. The topological polar surface area (TPSA) is 67.2 Å². The first kappa shape index (κ1) is 25.8. The molecule has 2 aromatic carbocycles. The first-order valence-electron chi connectivity index (χ1n) is 12.1. The average Bonchev–Trinajstić information content (AvgIpc) is 2.79. The van der Waals surface area contributed by atoms with Crippen LogP contribution in [0.15, 0.2) is 47.3 Å². The normalized spacial score (nSPS) is 11.2. The lowest BCUT2D eigenvalue weighted by Gasteiger charge is -2.24. The van der Waals surface area contributed by atoms with Crippen LogP contribution in [0.4, 0.5) is 4.79 Å². The molecule has 0 atom stereocenters. The van der Waals surface area contributed by atoms with Gasteiger partial charge in [-0.15, -0.1) is 0 Å². The van der Waals surface area contributed by atoms with Crippen LogP contribution < -0.4 is 10.9 Å². The van der Waals surface area contributed by atoms with Gasteiger partial charge in [-0.2, -0.15) is 0 Å². The van der Waals surface area contributed by atoms with Crippen molar-refractivity contribution in [3.05, 3.63) is 69.2 Å². The Hall–Kier alpha value is -2.86. The molecule has 3 rings (SSSR count). The number of carbonyl (C=O) groups excluding carboxylic acids is 1. The molecular weight excluding hydrogens is 448 g/mol. The maximum atomic E-state index is 13.5. The van der Waals surface area contributed by atoms with Crippen LogP contribution >= 0.6 is 11.6 Å². The average molecular weight is 483 g/mol. The van der Waals surface area contributed by atoms with Crippen molar-refractivity contribution in [3.8, 4) is 5.69 Å². The van der Waals surface area contributed by atoms with Crippen molar-refractivity contribution >= 4 is 28.5 Å². The molecule has 7 heteroatoms. The van der Waals surface area contributed by atoms with Crippen LogP contribution in [0.1, 0.15) is 51.4 Å². The van der Waals surface area contributed by atoms with E-state index in [1.54, 1.807) is 22.8 Å². The second-order valence-corrected chi connectivity index (χ2v) is 9.61. The first-order chi connectivity index (χ1) is 16.3. The number of nitrogens with zero attached hydrogens (tertiary/aromatic N) is 3. The van der Waals surface area contributed by atoms with E-state index in [1.807, 2.05) is 36.1 Å². The van der Waals surface area contributed by atoms with Crippen LogP contribution in [-0.4, -0.2) is 40.1 Å². The molecule has 1 heterocycles. The third kappa shape index (κ3) is 6.60. The fourth-order valence-corrected chi connectivity index (χ4v) is 3.95. The van der Waals surface area contributed by atoms with E-state index in [4.69, 9.17) is 16.6 Å². The zero-order chi connectivity index (χ0) is 24.7. The van der Waals surface area contributed by atoms with Gasteiger partial charge < -0.3 is 10.2 Å². The van der Waals surface area contributed by atoms with Gasteiger partial charge in [0.25, 0.3) is 5.56 Å². The molecule has 0 spiro atoms. The zero-order valence-electron chi connectivity index (χ0n) is 20.6. The SMILES string of the molecule is CCCCNC(=O)N(CCc1nc2cc(Cl)ccc2c(=O)n1-c1ccc(C)cc1)CCC(C)C. The molecule has 2 amide bonds. The van der Waals surface area contributed by atoms with Gasteiger partial charge in [0.1, 0.15) is 5.82 Å². The van der Waals surface area contributed by atoms with E-state index in [0.29, 0.717) is 53.7 Å². The number of amides is 2. The van der Waals surface area contributed by atoms with Crippen molar-refractivity contribution in [2.45, 2.75) is 53.4 Å². The molecule has 182 valence electrons. The van der Waals surface area contributed by atoms with E-state index in [-0.39, 0.29) is 11.6 Å². The molecule has 0 aliphatic rings. The van der Waals surface area contributed by atoms with Crippen molar-refractivity contribution in [3.63, 3.8) is 0 Å². The van der Waals surface area contributed by atoms with E-state index in [0.717, 1.165) is 30.5 Å². The number of urea groups is 1. The highest BCUT2D eigenvalue weighted by molar-refractivity contribution is 6.31. The summed E-state index contributed by atoms with van der Waals surface area (Å²) >= 11 is 6.19. The van der Waals surface area contributed by atoms with Gasteiger partial charge in [-0.3, -0.25) is 9.36 Å². The summed E-state index contributed by atoms with van der Waals surface area (Å²) in [6.07, 6.45) is 3.33. The fourth-order valence-electron chi connectivity index (χ4n) is 3.78. The molecule has 0 bridgehead atoms. The van der Waals surface area contributed by atoms with Crippen molar-refractivity contribution in [1.82, 2.24) is 19.8 Å². The highest BCUT2D eigenvalue weighted by Crippen LogP contribution is 2.18. The molecule has 1 N–H and O–H groups in total. The van der Waals surface area contributed by atoms with Gasteiger partial charge in [-0.25, -0.2) is 9.78 Å². The zero-order valence-corrected chi connectivity index (χ0v) is 21.4. The molecule has 0 saturated carbocycles. The number of aryl methyl sites for hydroxylation is 1. The van der Waals surface area contributed by atoms with E-state index in [1.165, 1.54) is 0 Å². The number of benzene rings is 2. The molecule has 0 aliphatic heterocycles. The van der Waals surface area contributed by atoms with Crippen molar-refractivity contribution in [2.75, 3.05) is 19.6 Å². The number of nitrogens with one attached hydrogen (secondary N) is 1. The fraction of sp³-hybridized carbons (Fsp3) is 0.444. The Labute approximate surface area is 206 Å². The van der Waals surface area contributed by atoms with Gasteiger partial charge in [0.05, 0.1) is 16.6 Å². The van der Waals surface area contributed by atoms with Crippen LogP contribution in [0.2, 0.25) is 5.02 Å². The maximum absolute atomic E-state index is 13.5. The molecule has 0 radical (unpaired) electrons. The van der Waals surface area contributed by atoms with E-state index in [9.17, 15) is 9.59 Å². The number of halogens is 1. The lowest BCUT2D eigenvalue weighted by Crippen LogP contribution is -2.42. The Kier molecular flexibility index (Phi) is 9.11. The smallest absolute Gasteiger partial charge is 0.317 e. The Balaban J connectivity index is 1.97.